The Morgan fingerprint density at radius 2 is 2.00 bits per heavy atom. The van der Waals surface area contributed by atoms with E-state index in [-0.39, 0.29) is 6.42 Å². The molecule has 2 nitrogen and oxygen atoms in total. The van der Waals surface area contributed by atoms with E-state index in [4.69, 9.17) is 23.2 Å². The predicted molar refractivity (Wildman–Crippen MR) is 68.3 cm³/mol. The van der Waals surface area contributed by atoms with Gasteiger partial charge in [0.1, 0.15) is 10.3 Å². The second kappa shape index (κ2) is 5.27. The minimum absolute atomic E-state index is 0.0965. The number of nitrogens with zero attached hydrogens (tertiary/aromatic N) is 2. The van der Waals surface area contributed by atoms with E-state index < -0.39 is 11.8 Å². The van der Waals surface area contributed by atoms with Crippen LogP contribution in [-0.4, -0.2) is 28.9 Å². The van der Waals surface area contributed by atoms with Crippen molar-refractivity contribution in [2.45, 2.75) is 25.8 Å². The largest absolute Gasteiger partial charge is 0.298 e. The minimum atomic E-state index is -2.55. The highest BCUT2D eigenvalue weighted by Gasteiger charge is 2.40. The lowest BCUT2D eigenvalue weighted by Gasteiger charge is -2.36. The smallest absolute Gasteiger partial charge is 0.253 e. The molecular weight excluding hydrogens is 281 g/mol. The molecule has 1 unspecified atom stereocenters. The zero-order chi connectivity index (χ0) is 13.3. The fourth-order valence-corrected chi connectivity index (χ4v) is 2.68. The zero-order valence-corrected chi connectivity index (χ0v) is 11.5. The topological polar surface area (TPSA) is 16.1 Å². The molecule has 100 valence electrons. The maximum Gasteiger partial charge on any atom is 0.253 e. The third kappa shape index (κ3) is 3.31. The number of rotatable bonds is 2. The van der Waals surface area contributed by atoms with Crippen molar-refractivity contribution in [3.05, 3.63) is 28.0 Å². The molecule has 1 saturated heterocycles. The molecule has 0 N–H and O–H groups in total. The Kier molecular flexibility index (Phi) is 4.09. The van der Waals surface area contributed by atoms with Crippen LogP contribution in [-0.2, 0) is 6.54 Å². The van der Waals surface area contributed by atoms with Crippen LogP contribution in [0.5, 0.6) is 0 Å². The number of piperidine rings is 1. The Hall–Kier alpha value is -0.450. The van der Waals surface area contributed by atoms with Crippen molar-refractivity contribution in [2.24, 2.45) is 5.92 Å². The van der Waals surface area contributed by atoms with Gasteiger partial charge < -0.3 is 0 Å². The maximum absolute atomic E-state index is 13.4. The van der Waals surface area contributed by atoms with Gasteiger partial charge in [0.2, 0.25) is 0 Å². The van der Waals surface area contributed by atoms with Crippen LogP contribution in [0.1, 0.15) is 18.9 Å². The standard InChI is InChI=1S/C12H14Cl2F2N2/c1-8-6-18(3-2-12(8,15)16)7-9-4-10(13)17-11(14)5-9/h4-5,8H,2-3,6-7H2,1H3. The summed E-state index contributed by atoms with van der Waals surface area (Å²) >= 11 is 11.6. The summed E-state index contributed by atoms with van der Waals surface area (Å²) in [5, 5.41) is 0.653. The number of pyridine rings is 1. The van der Waals surface area contributed by atoms with Crippen molar-refractivity contribution >= 4 is 23.2 Å². The molecule has 0 spiro atoms. The molecule has 1 aliphatic rings. The lowest BCUT2D eigenvalue weighted by molar-refractivity contribution is -0.100. The highest BCUT2D eigenvalue weighted by Crippen LogP contribution is 2.33. The number of hydrogen-bond acceptors (Lipinski definition) is 2. The van der Waals surface area contributed by atoms with Crippen LogP contribution in [0.4, 0.5) is 8.78 Å². The van der Waals surface area contributed by atoms with E-state index in [0.717, 1.165) is 5.56 Å². The Morgan fingerprint density at radius 3 is 2.56 bits per heavy atom. The van der Waals surface area contributed by atoms with Gasteiger partial charge in [0.15, 0.2) is 0 Å². The second-order valence-electron chi connectivity index (χ2n) is 4.77. The molecule has 2 rings (SSSR count). The highest BCUT2D eigenvalue weighted by molar-refractivity contribution is 6.32. The van der Waals surface area contributed by atoms with Gasteiger partial charge in [-0.1, -0.05) is 30.1 Å². The molecule has 2 heterocycles. The Bertz CT molecular complexity index is 420. The molecule has 1 aromatic heterocycles. The highest BCUT2D eigenvalue weighted by atomic mass is 35.5. The minimum Gasteiger partial charge on any atom is -0.298 e. The van der Waals surface area contributed by atoms with Gasteiger partial charge in [0.25, 0.3) is 5.92 Å². The fraction of sp³-hybridized carbons (Fsp3) is 0.583. The number of likely N-dealkylation sites (tertiary alicyclic amines) is 1. The van der Waals surface area contributed by atoms with E-state index in [2.05, 4.69) is 4.98 Å². The van der Waals surface area contributed by atoms with E-state index in [1.165, 1.54) is 0 Å². The third-order valence-corrected chi connectivity index (χ3v) is 3.63. The maximum atomic E-state index is 13.4. The first kappa shape index (κ1) is 14.0. The lowest BCUT2D eigenvalue weighted by Crippen LogP contribution is -2.45. The molecule has 1 aliphatic heterocycles. The van der Waals surface area contributed by atoms with Crippen LogP contribution in [0, 0.1) is 5.92 Å². The van der Waals surface area contributed by atoms with E-state index in [0.29, 0.717) is 29.9 Å². The molecule has 18 heavy (non-hydrogen) atoms. The molecular formula is C12H14Cl2F2N2. The summed E-state index contributed by atoms with van der Waals surface area (Å²) in [5.74, 6) is -3.18. The average molecular weight is 295 g/mol. The van der Waals surface area contributed by atoms with Gasteiger partial charge in [-0.2, -0.15) is 0 Å². The number of halogens is 4. The van der Waals surface area contributed by atoms with E-state index in [1.807, 2.05) is 4.90 Å². The number of hydrogen-bond donors (Lipinski definition) is 0. The fourth-order valence-electron chi connectivity index (χ4n) is 2.17. The van der Waals surface area contributed by atoms with Gasteiger partial charge >= 0.3 is 0 Å². The van der Waals surface area contributed by atoms with Crippen molar-refractivity contribution in [1.82, 2.24) is 9.88 Å². The zero-order valence-electron chi connectivity index (χ0n) is 9.97. The van der Waals surface area contributed by atoms with E-state index >= 15 is 0 Å². The van der Waals surface area contributed by atoms with Crippen LogP contribution in [0.25, 0.3) is 0 Å². The molecule has 0 saturated carbocycles. The summed E-state index contributed by atoms with van der Waals surface area (Å²) in [6, 6.07) is 3.43. The van der Waals surface area contributed by atoms with Gasteiger partial charge in [0.05, 0.1) is 0 Å². The lowest BCUT2D eigenvalue weighted by atomic mass is 9.95. The van der Waals surface area contributed by atoms with Crippen LogP contribution in [0.15, 0.2) is 12.1 Å². The van der Waals surface area contributed by atoms with Gasteiger partial charge in [-0.25, -0.2) is 13.8 Å². The van der Waals surface area contributed by atoms with Crippen molar-refractivity contribution in [1.29, 1.82) is 0 Å². The average Bonchev–Trinajstić information content (AvgIpc) is 2.22. The Labute approximate surface area is 115 Å². The molecule has 1 aromatic rings. The van der Waals surface area contributed by atoms with Crippen molar-refractivity contribution in [3.8, 4) is 0 Å². The van der Waals surface area contributed by atoms with Crippen LogP contribution in [0.3, 0.4) is 0 Å². The molecule has 6 heteroatoms. The van der Waals surface area contributed by atoms with E-state index in [9.17, 15) is 8.78 Å². The van der Waals surface area contributed by atoms with Gasteiger partial charge in [-0.3, -0.25) is 4.90 Å². The van der Waals surface area contributed by atoms with Crippen molar-refractivity contribution in [3.63, 3.8) is 0 Å². The quantitative estimate of drug-likeness (QED) is 0.770. The number of aromatic nitrogens is 1. The van der Waals surface area contributed by atoms with Gasteiger partial charge in [-0.15, -0.1) is 0 Å². The normalized spacial score (nSPS) is 24.2. The summed E-state index contributed by atoms with van der Waals surface area (Å²) in [4.78, 5) is 5.85. The molecule has 0 amide bonds. The summed E-state index contributed by atoms with van der Waals surface area (Å²) in [6.45, 7) is 2.92. The third-order valence-electron chi connectivity index (χ3n) is 3.24. The SMILES string of the molecule is CC1CN(Cc2cc(Cl)nc(Cl)c2)CCC1(F)F. The monoisotopic (exact) mass is 294 g/mol. The van der Waals surface area contributed by atoms with E-state index in [1.54, 1.807) is 19.1 Å². The summed E-state index contributed by atoms with van der Waals surface area (Å²) in [7, 11) is 0. The first-order chi connectivity index (χ1) is 8.37. The van der Waals surface area contributed by atoms with Crippen LogP contribution >= 0.6 is 23.2 Å². The van der Waals surface area contributed by atoms with Crippen LogP contribution < -0.4 is 0 Å². The molecule has 0 aromatic carbocycles. The summed E-state index contributed by atoms with van der Waals surface area (Å²) < 4.78 is 26.7. The van der Waals surface area contributed by atoms with Gasteiger partial charge in [-0.05, 0) is 17.7 Å². The predicted octanol–water partition coefficient (Wildman–Crippen LogP) is 3.87. The molecule has 1 fully saturated rings. The molecule has 0 bridgehead atoms. The Morgan fingerprint density at radius 1 is 1.39 bits per heavy atom. The molecule has 0 aliphatic carbocycles. The summed E-state index contributed by atoms with van der Waals surface area (Å²) in [6.07, 6.45) is -0.0965. The second-order valence-corrected chi connectivity index (χ2v) is 5.54. The summed E-state index contributed by atoms with van der Waals surface area (Å²) in [5.41, 5.74) is 0.900. The molecule has 1 atom stereocenters. The number of alkyl halides is 2. The van der Waals surface area contributed by atoms with Crippen LogP contribution in [0.2, 0.25) is 10.3 Å². The Balaban J connectivity index is 2.02. The molecule has 0 radical (unpaired) electrons. The first-order valence-electron chi connectivity index (χ1n) is 5.79. The van der Waals surface area contributed by atoms with Gasteiger partial charge in [0, 0.05) is 32.0 Å². The van der Waals surface area contributed by atoms with Crippen molar-refractivity contribution < 1.29 is 8.78 Å². The first-order valence-corrected chi connectivity index (χ1v) is 6.54. The van der Waals surface area contributed by atoms with Crippen molar-refractivity contribution in [2.75, 3.05) is 13.1 Å².